The van der Waals surface area contributed by atoms with Gasteiger partial charge in [0, 0.05) is 67.2 Å². The maximum absolute atomic E-state index is 13.1. The molecule has 0 radical (unpaired) electrons. The molecule has 2 amide bonds. The lowest BCUT2D eigenvalue weighted by atomic mass is 10.0. The van der Waals surface area contributed by atoms with Gasteiger partial charge >= 0.3 is 0 Å². The summed E-state index contributed by atoms with van der Waals surface area (Å²) >= 11 is 0. The molecule has 7 rings (SSSR count). The zero-order chi connectivity index (χ0) is 46.1. The highest BCUT2D eigenvalue weighted by Gasteiger charge is 2.17. The molecule has 338 valence electrons. The van der Waals surface area contributed by atoms with E-state index in [2.05, 4.69) is 75.4 Å². The molecule has 0 aliphatic carbocycles. The fraction of sp³-hybridized carbons (Fsp3) is 0.235. The second kappa shape index (κ2) is 23.5. The van der Waals surface area contributed by atoms with E-state index < -0.39 is 0 Å². The molecule has 7 aromatic rings. The van der Waals surface area contributed by atoms with Crippen molar-refractivity contribution in [2.24, 2.45) is 0 Å². The largest absolute Gasteiger partial charge is 0.382 e. The highest BCUT2D eigenvalue weighted by atomic mass is 16.5. The van der Waals surface area contributed by atoms with E-state index in [1.165, 1.54) is 18.7 Å². The molecule has 15 heteroatoms. The lowest BCUT2D eigenvalue weighted by Crippen LogP contribution is -2.19. The van der Waals surface area contributed by atoms with E-state index in [9.17, 15) is 9.59 Å². The van der Waals surface area contributed by atoms with Crippen LogP contribution in [0.4, 0.5) is 23.0 Å². The van der Waals surface area contributed by atoms with Crippen molar-refractivity contribution >= 4 is 56.6 Å². The van der Waals surface area contributed by atoms with Crippen molar-refractivity contribution in [3.63, 3.8) is 0 Å². The first-order valence-electron chi connectivity index (χ1n) is 21.6. The number of carbonyl (C=O) groups excluding carboxylic acids is 2. The summed E-state index contributed by atoms with van der Waals surface area (Å²) in [5.74, 6) is 0.801. The van der Waals surface area contributed by atoms with Crippen LogP contribution < -0.4 is 21.3 Å². The molecule has 15 nitrogen and oxygen atoms in total. The van der Waals surface area contributed by atoms with Crippen molar-refractivity contribution in [3.8, 4) is 0 Å². The predicted molar refractivity (Wildman–Crippen MR) is 261 cm³/mol. The van der Waals surface area contributed by atoms with Crippen LogP contribution in [0, 0.1) is 0 Å². The topological polar surface area (TPSA) is 172 Å². The summed E-state index contributed by atoms with van der Waals surface area (Å²) < 4.78 is 11.7. The van der Waals surface area contributed by atoms with Crippen molar-refractivity contribution in [1.82, 2.24) is 34.7 Å². The normalized spacial score (nSPS) is 12.6. The van der Waals surface area contributed by atoms with Gasteiger partial charge in [0.1, 0.15) is 24.3 Å². The van der Waals surface area contributed by atoms with Crippen LogP contribution in [0.15, 0.2) is 152 Å². The zero-order valence-electron chi connectivity index (χ0n) is 37.6. The number of fused-ring (bicyclic) bond motifs is 2. The van der Waals surface area contributed by atoms with Crippen LogP contribution in [-0.2, 0) is 32.2 Å². The average molecular weight is 886 g/mol. The minimum Gasteiger partial charge on any atom is -0.382 e. The fourth-order valence-corrected chi connectivity index (χ4v) is 7.20. The SMILES string of the molecule is COC[C@@H](Nc1ncnc2ccc(NC(=O)/C=C/CN(C)C)cc12)c1ccc(CN(C)C/C=C/C(=O)Nc2ccc3ncnc(N[C@H](COCc4ccccn4)c4ccccc4)c3c2)cc1. The molecule has 0 fully saturated rings. The van der Waals surface area contributed by atoms with Gasteiger partial charge in [-0.15, -0.1) is 0 Å². The van der Waals surface area contributed by atoms with Crippen molar-refractivity contribution in [3.05, 3.63) is 175 Å². The third-order valence-electron chi connectivity index (χ3n) is 10.5. The Labute approximate surface area is 385 Å². The molecule has 3 heterocycles. The number of nitrogens with one attached hydrogen (secondary N) is 4. The molecule has 0 bridgehead atoms. The molecule has 66 heavy (non-hydrogen) atoms. The van der Waals surface area contributed by atoms with Gasteiger partial charge in [-0.05, 0) is 86.4 Å². The number of methoxy groups -OCH3 is 1. The number of carbonyl (C=O) groups is 2. The third kappa shape index (κ3) is 13.5. The van der Waals surface area contributed by atoms with Gasteiger partial charge in [0.2, 0.25) is 11.8 Å². The van der Waals surface area contributed by atoms with Crippen LogP contribution in [-0.4, -0.2) is 101 Å². The number of likely N-dealkylation sites (N-methyl/N-ethyl adjacent to an activating group) is 2. The van der Waals surface area contributed by atoms with E-state index in [1.807, 2.05) is 123 Å². The zero-order valence-corrected chi connectivity index (χ0v) is 37.6. The van der Waals surface area contributed by atoms with Gasteiger partial charge in [-0.2, -0.15) is 0 Å². The molecule has 3 aromatic heterocycles. The van der Waals surface area contributed by atoms with Crippen molar-refractivity contribution in [2.75, 3.05) is 75.8 Å². The number of hydrogen-bond donors (Lipinski definition) is 4. The van der Waals surface area contributed by atoms with E-state index in [4.69, 9.17) is 9.47 Å². The summed E-state index contributed by atoms with van der Waals surface area (Å²) in [5.41, 5.74) is 6.78. The number of pyridine rings is 1. The van der Waals surface area contributed by atoms with Gasteiger partial charge in [-0.25, -0.2) is 19.9 Å². The van der Waals surface area contributed by atoms with Gasteiger partial charge in [0.15, 0.2) is 0 Å². The van der Waals surface area contributed by atoms with Crippen molar-refractivity contribution < 1.29 is 19.1 Å². The van der Waals surface area contributed by atoms with Crippen LogP contribution in [0.3, 0.4) is 0 Å². The van der Waals surface area contributed by atoms with Gasteiger partial charge in [0.25, 0.3) is 0 Å². The third-order valence-corrected chi connectivity index (χ3v) is 10.5. The Bertz CT molecular complexity index is 2740. The fourth-order valence-electron chi connectivity index (χ4n) is 7.20. The highest BCUT2D eigenvalue weighted by molar-refractivity contribution is 6.02. The maximum atomic E-state index is 13.1. The second-order valence-corrected chi connectivity index (χ2v) is 16.0. The van der Waals surface area contributed by atoms with Crippen LogP contribution in [0.5, 0.6) is 0 Å². The number of benzene rings is 4. The monoisotopic (exact) mass is 885 g/mol. The van der Waals surface area contributed by atoms with Crippen molar-refractivity contribution in [2.45, 2.75) is 25.2 Å². The Balaban J connectivity index is 0.933. The minimum absolute atomic E-state index is 0.205. The van der Waals surface area contributed by atoms with Crippen LogP contribution >= 0.6 is 0 Å². The number of rotatable bonds is 22. The number of hydrogen-bond acceptors (Lipinski definition) is 13. The Hall–Kier alpha value is -7.43. The number of anilines is 4. The minimum atomic E-state index is -0.245. The summed E-state index contributed by atoms with van der Waals surface area (Å²) in [7, 11) is 7.56. The average Bonchev–Trinajstić information content (AvgIpc) is 3.32. The molecule has 0 spiro atoms. The number of ether oxygens (including phenoxy) is 2. The summed E-state index contributed by atoms with van der Waals surface area (Å²) in [6.45, 7) is 3.05. The van der Waals surface area contributed by atoms with Crippen molar-refractivity contribution in [1.29, 1.82) is 0 Å². The molecule has 0 aliphatic heterocycles. The second-order valence-electron chi connectivity index (χ2n) is 16.0. The Kier molecular flexibility index (Phi) is 16.6. The standard InChI is InChI=1S/C51H55N11O4/c1-61(2)26-10-15-48(63)57-39-21-23-44-42(28-39)50(55-34-53-44)59-46(32-65-4)38-19-17-36(18-20-38)30-62(3)27-11-16-49(64)58-40-22-24-45-43(29-40)51(56-35-54-45)60-47(37-12-6-5-7-13-37)33-66-31-41-14-8-9-25-52-41/h5-25,28-29,34-35,46-47H,26-27,30-33H2,1-4H3,(H,57,63)(H,58,64)(H,53,55,59)(H,54,56,60)/b15-10+,16-11+/t46-,47-/m1/s1. The van der Waals surface area contributed by atoms with E-state index in [0.29, 0.717) is 62.5 Å². The Morgan fingerprint density at radius 1 is 0.636 bits per heavy atom. The van der Waals surface area contributed by atoms with Crippen LogP contribution in [0.25, 0.3) is 21.8 Å². The lowest BCUT2D eigenvalue weighted by Gasteiger charge is -2.21. The van der Waals surface area contributed by atoms with Crippen LogP contribution in [0.2, 0.25) is 0 Å². The number of amides is 2. The lowest BCUT2D eigenvalue weighted by molar-refractivity contribution is -0.112. The van der Waals surface area contributed by atoms with Gasteiger partial charge in [0.05, 0.1) is 48.6 Å². The molecule has 0 saturated heterocycles. The first-order valence-corrected chi connectivity index (χ1v) is 21.6. The summed E-state index contributed by atoms with van der Waals surface area (Å²) in [6, 6.07) is 34.9. The molecule has 0 saturated carbocycles. The first-order chi connectivity index (χ1) is 32.2. The molecule has 4 aromatic carbocycles. The summed E-state index contributed by atoms with van der Waals surface area (Å²) in [5, 5.41) is 14.6. The van der Waals surface area contributed by atoms with Gasteiger partial charge in [-0.1, -0.05) is 72.8 Å². The van der Waals surface area contributed by atoms with Gasteiger partial charge < -0.3 is 35.6 Å². The van der Waals surface area contributed by atoms with E-state index in [-0.39, 0.29) is 23.9 Å². The number of aromatic nitrogens is 5. The van der Waals surface area contributed by atoms with Gasteiger partial charge in [-0.3, -0.25) is 19.5 Å². The molecular weight excluding hydrogens is 831 g/mol. The quantitative estimate of drug-likeness (QED) is 0.0486. The molecule has 0 unspecified atom stereocenters. The maximum Gasteiger partial charge on any atom is 0.248 e. The van der Waals surface area contributed by atoms with E-state index >= 15 is 0 Å². The molecule has 2 atom stereocenters. The van der Waals surface area contributed by atoms with Crippen LogP contribution in [0.1, 0.15) is 34.5 Å². The Morgan fingerprint density at radius 2 is 1.21 bits per heavy atom. The predicted octanol–water partition coefficient (Wildman–Crippen LogP) is 7.82. The molecular formula is C51H55N11O4. The first kappa shape index (κ1) is 46.6. The van der Waals surface area contributed by atoms with E-state index in [0.717, 1.165) is 44.2 Å². The molecule has 4 N–H and O–H groups in total. The summed E-state index contributed by atoms with van der Waals surface area (Å²) in [6.07, 6.45) is 11.5. The molecule has 0 aliphatic rings. The summed E-state index contributed by atoms with van der Waals surface area (Å²) in [4.78, 5) is 52.1. The van der Waals surface area contributed by atoms with E-state index in [1.54, 1.807) is 19.4 Å². The number of nitrogens with zero attached hydrogens (tertiary/aromatic N) is 7. The Morgan fingerprint density at radius 3 is 1.79 bits per heavy atom. The smallest absolute Gasteiger partial charge is 0.248 e. The highest BCUT2D eigenvalue weighted by Crippen LogP contribution is 2.29.